The third-order valence-electron chi connectivity index (χ3n) is 3.35. The Bertz CT molecular complexity index is 422. The maximum atomic E-state index is 6.19. The fourth-order valence-corrected chi connectivity index (χ4v) is 2.86. The SMILES string of the molecule is CC1CCN(c2nc(N)c(Cl)cc2Cl)C(C)C1. The molecular weight excluding hydrogens is 257 g/mol. The lowest BCUT2D eigenvalue weighted by Gasteiger charge is -2.37. The van der Waals surface area contributed by atoms with E-state index in [1.807, 2.05) is 0 Å². The summed E-state index contributed by atoms with van der Waals surface area (Å²) < 4.78 is 0. The van der Waals surface area contributed by atoms with Crippen LogP contribution in [0.4, 0.5) is 11.6 Å². The Morgan fingerprint density at radius 2 is 2.06 bits per heavy atom. The van der Waals surface area contributed by atoms with E-state index in [1.165, 1.54) is 0 Å². The summed E-state index contributed by atoms with van der Waals surface area (Å²) in [5.74, 6) is 1.86. The van der Waals surface area contributed by atoms with Crippen molar-refractivity contribution in [2.24, 2.45) is 5.92 Å². The Morgan fingerprint density at radius 1 is 1.35 bits per heavy atom. The number of hydrogen-bond acceptors (Lipinski definition) is 3. The van der Waals surface area contributed by atoms with Crippen LogP contribution in [0.5, 0.6) is 0 Å². The van der Waals surface area contributed by atoms with E-state index in [-0.39, 0.29) is 0 Å². The predicted molar refractivity (Wildman–Crippen MR) is 73.9 cm³/mol. The van der Waals surface area contributed by atoms with Crippen LogP contribution in [0.25, 0.3) is 0 Å². The van der Waals surface area contributed by atoms with E-state index < -0.39 is 0 Å². The lowest BCUT2D eigenvalue weighted by atomic mass is 9.93. The van der Waals surface area contributed by atoms with Gasteiger partial charge in [0, 0.05) is 12.6 Å². The molecule has 1 aliphatic heterocycles. The second-order valence-corrected chi connectivity index (χ2v) is 5.65. The van der Waals surface area contributed by atoms with E-state index in [4.69, 9.17) is 28.9 Å². The number of nitrogen functional groups attached to an aromatic ring is 1. The van der Waals surface area contributed by atoms with E-state index in [1.54, 1.807) is 6.07 Å². The number of aromatic nitrogens is 1. The number of hydrogen-bond donors (Lipinski definition) is 1. The molecule has 2 N–H and O–H groups in total. The quantitative estimate of drug-likeness (QED) is 0.850. The van der Waals surface area contributed by atoms with Crippen molar-refractivity contribution < 1.29 is 0 Å². The highest BCUT2D eigenvalue weighted by molar-refractivity contribution is 6.37. The van der Waals surface area contributed by atoms with Gasteiger partial charge in [-0.1, -0.05) is 30.1 Å². The van der Waals surface area contributed by atoms with Gasteiger partial charge in [-0.3, -0.25) is 0 Å². The van der Waals surface area contributed by atoms with Gasteiger partial charge in [0.15, 0.2) is 0 Å². The first-order valence-corrected chi connectivity index (χ1v) is 6.62. The number of nitrogens with zero attached hydrogens (tertiary/aromatic N) is 2. The molecule has 0 saturated carbocycles. The van der Waals surface area contributed by atoms with Crippen LogP contribution < -0.4 is 10.6 Å². The van der Waals surface area contributed by atoms with Crippen LogP contribution in [0.15, 0.2) is 6.07 Å². The zero-order chi connectivity index (χ0) is 12.6. The summed E-state index contributed by atoms with van der Waals surface area (Å²) in [7, 11) is 0. The van der Waals surface area contributed by atoms with Gasteiger partial charge in [-0.15, -0.1) is 0 Å². The lowest BCUT2D eigenvalue weighted by Crippen LogP contribution is -2.41. The number of halogens is 2. The molecule has 3 nitrogen and oxygen atoms in total. The molecule has 5 heteroatoms. The summed E-state index contributed by atoms with van der Waals surface area (Å²) in [4.78, 5) is 6.53. The van der Waals surface area contributed by atoms with E-state index in [2.05, 4.69) is 23.7 Å². The smallest absolute Gasteiger partial charge is 0.150 e. The summed E-state index contributed by atoms with van der Waals surface area (Å²) in [6, 6.07) is 2.11. The van der Waals surface area contributed by atoms with Gasteiger partial charge >= 0.3 is 0 Å². The standard InChI is InChI=1S/C12H17Cl2N3/c1-7-3-4-17(8(2)5-7)12-10(14)6-9(13)11(15)16-12/h6-8H,3-5H2,1-2H3,(H2,15,16). The van der Waals surface area contributed by atoms with Crippen LogP contribution in [0.3, 0.4) is 0 Å². The highest BCUT2D eigenvalue weighted by Crippen LogP contribution is 2.34. The van der Waals surface area contributed by atoms with Crippen molar-refractivity contribution in [2.45, 2.75) is 32.7 Å². The number of rotatable bonds is 1. The zero-order valence-corrected chi connectivity index (χ0v) is 11.6. The highest BCUT2D eigenvalue weighted by Gasteiger charge is 2.25. The van der Waals surface area contributed by atoms with Gasteiger partial charge < -0.3 is 10.6 Å². The largest absolute Gasteiger partial charge is 0.382 e. The summed E-state index contributed by atoms with van der Waals surface area (Å²) in [5, 5.41) is 0.988. The van der Waals surface area contributed by atoms with E-state index in [0.717, 1.165) is 31.1 Å². The van der Waals surface area contributed by atoms with Crippen molar-refractivity contribution in [2.75, 3.05) is 17.2 Å². The van der Waals surface area contributed by atoms with E-state index in [9.17, 15) is 0 Å². The molecule has 94 valence electrons. The van der Waals surface area contributed by atoms with Gasteiger partial charge in [0.2, 0.25) is 0 Å². The molecule has 17 heavy (non-hydrogen) atoms. The maximum absolute atomic E-state index is 6.19. The molecule has 0 radical (unpaired) electrons. The third kappa shape index (κ3) is 2.61. The van der Waals surface area contributed by atoms with Crippen molar-refractivity contribution in [3.63, 3.8) is 0 Å². The molecule has 2 atom stereocenters. The average Bonchev–Trinajstić information content (AvgIpc) is 2.24. The molecule has 1 fully saturated rings. The molecule has 2 unspecified atom stereocenters. The van der Waals surface area contributed by atoms with Crippen LogP contribution in [0.1, 0.15) is 26.7 Å². The van der Waals surface area contributed by atoms with Crippen molar-refractivity contribution in [3.05, 3.63) is 16.1 Å². The van der Waals surface area contributed by atoms with Crippen LogP contribution in [0.2, 0.25) is 10.0 Å². The minimum absolute atomic E-state index is 0.344. The second kappa shape index (κ2) is 4.91. The molecule has 2 heterocycles. The molecule has 1 aromatic heterocycles. The van der Waals surface area contributed by atoms with Crippen molar-refractivity contribution in [3.8, 4) is 0 Å². The van der Waals surface area contributed by atoms with Crippen LogP contribution in [-0.4, -0.2) is 17.6 Å². The fraction of sp³-hybridized carbons (Fsp3) is 0.583. The number of nitrogens with two attached hydrogens (primary N) is 1. The molecule has 0 amide bonds. The minimum atomic E-state index is 0.344. The van der Waals surface area contributed by atoms with Gasteiger partial charge in [-0.05, 0) is 31.7 Å². The molecule has 0 spiro atoms. The molecule has 1 aliphatic rings. The maximum Gasteiger partial charge on any atom is 0.150 e. The zero-order valence-electron chi connectivity index (χ0n) is 10.1. The Kier molecular flexibility index (Phi) is 3.69. The number of anilines is 2. The molecule has 1 saturated heterocycles. The van der Waals surface area contributed by atoms with E-state index in [0.29, 0.717) is 21.9 Å². The Labute approximate surface area is 112 Å². The topological polar surface area (TPSA) is 42.2 Å². The van der Waals surface area contributed by atoms with Crippen LogP contribution in [-0.2, 0) is 0 Å². The van der Waals surface area contributed by atoms with Crippen LogP contribution >= 0.6 is 23.2 Å². The molecule has 2 rings (SSSR count). The molecule has 0 bridgehead atoms. The molecular formula is C12H17Cl2N3. The lowest BCUT2D eigenvalue weighted by molar-refractivity contribution is 0.376. The Balaban J connectivity index is 2.31. The van der Waals surface area contributed by atoms with E-state index >= 15 is 0 Å². The number of pyridine rings is 1. The number of piperidine rings is 1. The summed E-state index contributed by atoms with van der Waals surface area (Å²) in [5.41, 5.74) is 5.74. The Hall–Kier alpha value is -0.670. The summed E-state index contributed by atoms with van der Waals surface area (Å²) in [6.45, 7) is 5.44. The van der Waals surface area contributed by atoms with Crippen molar-refractivity contribution in [1.82, 2.24) is 4.98 Å². The Morgan fingerprint density at radius 3 is 2.71 bits per heavy atom. The first-order valence-electron chi connectivity index (χ1n) is 5.87. The second-order valence-electron chi connectivity index (χ2n) is 4.83. The minimum Gasteiger partial charge on any atom is -0.382 e. The molecule has 0 aromatic carbocycles. The highest BCUT2D eigenvalue weighted by atomic mass is 35.5. The fourth-order valence-electron chi connectivity index (χ4n) is 2.39. The molecule has 1 aromatic rings. The molecule has 0 aliphatic carbocycles. The van der Waals surface area contributed by atoms with Gasteiger partial charge in [-0.2, -0.15) is 0 Å². The van der Waals surface area contributed by atoms with Crippen molar-refractivity contribution >= 4 is 34.8 Å². The average molecular weight is 274 g/mol. The van der Waals surface area contributed by atoms with Gasteiger partial charge in [0.05, 0.1) is 10.0 Å². The van der Waals surface area contributed by atoms with Crippen molar-refractivity contribution in [1.29, 1.82) is 0 Å². The first kappa shape index (κ1) is 12.8. The summed E-state index contributed by atoms with van der Waals surface area (Å²) in [6.07, 6.45) is 2.31. The summed E-state index contributed by atoms with van der Waals surface area (Å²) >= 11 is 12.1. The predicted octanol–water partition coefficient (Wildman–Crippen LogP) is 3.60. The first-order chi connectivity index (χ1) is 7.99. The monoisotopic (exact) mass is 273 g/mol. The van der Waals surface area contributed by atoms with Gasteiger partial charge in [-0.25, -0.2) is 4.98 Å². The third-order valence-corrected chi connectivity index (χ3v) is 3.93. The van der Waals surface area contributed by atoms with Gasteiger partial charge in [0.1, 0.15) is 11.6 Å². The van der Waals surface area contributed by atoms with Crippen LogP contribution in [0, 0.1) is 5.92 Å². The van der Waals surface area contributed by atoms with Gasteiger partial charge in [0.25, 0.3) is 0 Å². The normalized spacial score (nSPS) is 25.1.